The highest BCUT2D eigenvalue weighted by Gasteiger charge is 2.27. The molecule has 192 valence electrons. The van der Waals surface area contributed by atoms with Gasteiger partial charge in [0.2, 0.25) is 0 Å². The lowest BCUT2D eigenvalue weighted by Gasteiger charge is -2.41. The van der Waals surface area contributed by atoms with Crippen LogP contribution < -0.4 is 15.0 Å². The van der Waals surface area contributed by atoms with E-state index in [2.05, 4.69) is 26.3 Å². The fraction of sp³-hybridized carbons (Fsp3) is 0.370. The molecule has 0 unspecified atom stereocenters. The molecule has 2 saturated heterocycles. The van der Waals surface area contributed by atoms with Crippen LogP contribution in [-0.2, 0) is 4.74 Å². The second-order valence-electron chi connectivity index (χ2n) is 9.21. The van der Waals surface area contributed by atoms with Crippen molar-refractivity contribution in [1.29, 1.82) is 5.26 Å². The summed E-state index contributed by atoms with van der Waals surface area (Å²) in [7, 11) is 0. The van der Waals surface area contributed by atoms with E-state index in [0.29, 0.717) is 28.7 Å². The van der Waals surface area contributed by atoms with E-state index in [-0.39, 0.29) is 11.6 Å². The summed E-state index contributed by atoms with van der Waals surface area (Å²) in [6, 6.07) is 14.0. The van der Waals surface area contributed by atoms with Gasteiger partial charge in [0.05, 0.1) is 42.0 Å². The molecule has 0 aliphatic carbocycles. The monoisotopic (exact) mass is 504 g/mol. The lowest BCUT2D eigenvalue weighted by Crippen LogP contribution is -2.49. The van der Waals surface area contributed by atoms with Crippen molar-refractivity contribution in [3.8, 4) is 17.5 Å². The fourth-order valence-electron chi connectivity index (χ4n) is 4.97. The molecule has 2 aromatic carbocycles. The van der Waals surface area contributed by atoms with Crippen LogP contribution >= 0.6 is 0 Å². The summed E-state index contributed by atoms with van der Waals surface area (Å²) in [6.45, 7) is 7.07. The summed E-state index contributed by atoms with van der Waals surface area (Å²) in [4.78, 5) is 17.3. The predicted molar refractivity (Wildman–Crippen MR) is 137 cm³/mol. The zero-order valence-corrected chi connectivity index (χ0v) is 20.7. The number of morpholine rings is 1. The molecule has 2 aliphatic heterocycles. The summed E-state index contributed by atoms with van der Waals surface area (Å²) in [5.41, 5.74) is 3.09. The molecule has 37 heavy (non-hydrogen) atoms. The Kier molecular flexibility index (Phi) is 7.35. The van der Waals surface area contributed by atoms with E-state index >= 15 is 0 Å². The van der Waals surface area contributed by atoms with E-state index in [1.54, 1.807) is 35.9 Å². The molecule has 5 rings (SSSR count). The maximum Gasteiger partial charge on any atom is 0.417 e. The standard InChI is InChI=1S/C27H29FN6O3/c1-19-26(18-30-34(19)24-5-2-21(28)3-6-24)37-27(35)31-22-4-7-25(20(16-22)17-29)33-10-8-23(9-11-33)32-12-14-36-15-13-32/h2-7,16,18,23H,8-15H2,1H3,(H,31,35). The number of benzene rings is 2. The van der Waals surface area contributed by atoms with Crippen molar-refractivity contribution >= 4 is 17.5 Å². The van der Waals surface area contributed by atoms with Crippen molar-refractivity contribution in [3.63, 3.8) is 0 Å². The van der Waals surface area contributed by atoms with Gasteiger partial charge in [-0.3, -0.25) is 10.2 Å². The van der Waals surface area contributed by atoms with Gasteiger partial charge < -0.3 is 14.4 Å². The Labute approximate surface area is 215 Å². The first kappa shape index (κ1) is 24.7. The number of aromatic nitrogens is 2. The van der Waals surface area contributed by atoms with Gasteiger partial charge in [-0.15, -0.1) is 0 Å². The van der Waals surface area contributed by atoms with Crippen molar-refractivity contribution in [2.45, 2.75) is 25.8 Å². The minimum Gasteiger partial charge on any atom is -0.406 e. The third kappa shape index (κ3) is 5.58. The molecular weight excluding hydrogens is 475 g/mol. The van der Waals surface area contributed by atoms with Gasteiger partial charge in [0, 0.05) is 37.9 Å². The first-order valence-electron chi connectivity index (χ1n) is 12.4. The smallest absolute Gasteiger partial charge is 0.406 e. The summed E-state index contributed by atoms with van der Waals surface area (Å²) < 4.78 is 25.7. The van der Waals surface area contributed by atoms with Crippen LogP contribution in [0, 0.1) is 24.1 Å². The zero-order chi connectivity index (χ0) is 25.8. The fourth-order valence-corrected chi connectivity index (χ4v) is 4.97. The number of halogens is 1. The lowest BCUT2D eigenvalue weighted by molar-refractivity contribution is 0.0115. The number of amides is 1. The van der Waals surface area contributed by atoms with Gasteiger partial charge in [0.15, 0.2) is 5.75 Å². The Bertz CT molecular complexity index is 1290. The topological polar surface area (TPSA) is 95.7 Å². The first-order chi connectivity index (χ1) is 18.0. The van der Waals surface area contributed by atoms with Crippen molar-refractivity contribution in [2.24, 2.45) is 0 Å². The molecule has 0 spiro atoms. The molecule has 10 heteroatoms. The number of carbonyl (C=O) groups excluding carboxylic acids is 1. The Balaban J connectivity index is 1.20. The number of carbonyl (C=O) groups is 1. The average Bonchev–Trinajstić information content (AvgIpc) is 3.29. The first-order valence-corrected chi connectivity index (χ1v) is 12.4. The van der Waals surface area contributed by atoms with Gasteiger partial charge in [-0.25, -0.2) is 13.9 Å². The minimum absolute atomic E-state index is 0.280. The van der Waals surface area contributed by atoms with Gasteiger partial charge in [-0.1, -0.05) is 0 Å². The van der Waals surface area contributed by atoms with Gasteiger partial charge in [-0.2, -0.15) is 10.4 Å². The highest BCUT2D eigenvalue weighted by molar-refractivity contribution is 5.87. The zero-order valence-electron chi connectivity index (χ0n) is 20.7. The van der Waals surface area contributed by atoms with Crippen LogP contribution in [0.5, 0.6) is 5.75 Å². The lowest BCUT2D eigenvalue weighted by atomic mass is 10.0. The normalized spacial score (nSPS) is 16.8. The number of rotatable bonds is 5. The second kappa shape index (κ2) is 11.0. The van der Waals surface area contributed by atoms with Crippen LogP contribution in [0.15, 0.2) is 48.7 Å². The van der Waals surface area contributed by atoms with Crippen molar-refractivity contribution in [2.75, 3.05) is 49.6 Å². The van der Waals surface area contributed by atoms with Crippen LogP contribution in [0.2, 0.25) is 0 Å². The summed E-state index contributed by atoms with van der Waals surface area (Å²) in [6.07, 6.45) is 2.83. The molecule has 9 nitrogen and oxygen atoms in total. The molecule has 0 radical (unpaired) electrons. The summed E-state index contributed by atoms with van der Waals surface area (Å²) in [5, 5.41) is 16.7. The maximum absolute atomic E-state index is 13.2. The number of nitriles is 1. The largest absolute Gasteiger partial charge is 0.417 e. The number of ether oxygens (including phenoxy) is 2. The van der Waals surface area contributed by atoms with E-state index in [0.717, 1.165) is 57.9 Å². The highest BCUT2D eigenvalue weighted by atomic mass is 19.1. The van der Waals surface area contributed by atoms with Crippen LogP contribution in [0.3, 0.4) is 0 Å². The average molecular weight is 505 g/mol. The SMILES string of the molecule is Cc1c(OC(=O)Nc2ccc(N3CCC(N4CCOCC4)CC3)c(C#N)c2)cnn1-c1ccc(F)cc1. The van der Waals surface area contributed by atoms with Gasteiger partial charge in [0.1, 0.15) is 11.9 Å². The molecule has 1 amide bonds. The van der Waals surface area contributed by atoms with E-state index in [9.17, 15) is 14.4 Å². The third-order valence-corrected chi connectivity index (χ3v) is 6.97. The number of anilines is 2. The number of hydrogen-bond acceptors (Lipinski definition) is 7. The maximum atomic E-state index is 13.2. The summed E-state index contributed by atoms with van der Waals surface area (Å²) in [5.74, 6) is -0.0632. The number of hydrogen-bond donors (Lipinski definition) is 1. The van der Waals surface area contributed by atoms with Crippen molar-refractivity contribution in [1.82, 2.24) is 14.7 Å². The van der Waals surface area contributed by atoms with Crippen molar-refractivity contribution in [3.05, 3.63) is 65.7 Å². The molecule has 2 aliphatic rings. The van der Waals surface area contributed by atoms with Gasteiger partial charge in [-0.05, 0) is 62.2 Å². The molecule has 0 saturated carbocycles. The van der Waals surface area contributed by atoms with Crippen molar-refractivity contribution < 1.29 is 18.7 Å². The Hall–Kier alpha value is -3.94. The van der Waals surface area contributed by atoms with Gasteiger partial charge in [0.25, 0.3) is 0 Å². The molecule has 0 bridgehead atoms. The Morgan fingerprint density at radius 1 is 1.14 bits per heavy atom. The van der Waals surface area contributed by atoms with E-state index in [4.69, 9.17) is 9.47 Å². The van der Waals surface area contributed by atoms with Crippen LogP contribution in [0.1, 0.15) is 24.1 Å². The Morgan fingerprint density at radius 3 is 2.57 bits per heavy atom. The molecule has 0 atom stereocenters. The van der Waals surface area contributed by atoms with E-state index in [1.807, 2.05) is 6.07 Å². The second-order valence-corrected chi connectivity index (χ2v) is 9.21. The molecule has 1 aromatic heterocycles. The quantitative estimate of drug-likeness (QED) is 0.559. The van der Waals surface area contributed by atoms with Crippen LogP contribution in [-0.4, -0.2) is 66.2 Å². The number of piperidine rings is 1. The molecule has 3 heterocycles. The van der Waals surface area contributed by atoms with Gasteiger partial charge >= 0.3 is 6.09 Å². The van der Waals surface area contributed by atoms with E-state index in [1.165, 1.54) is 18.3 Å². The molecule has 1 N–H and O–H groups in total. The predicted octanol–water partition coefficient (Wildman–Crippen LogP) is 4.10. The summed E-state index contributed by atoms with van der Waals surface area (Å²) >= 11 is 0. The van der Waals surface area contributed by atoms with Crippen LogP contribution in [0.4, 0.5) is 20.6 Å². The number of nitrogens with one attached hydrogen (secondary N) is 1. The molecule has 2 fully saturated rings. The third-order valence-electron chi connectivity index (χ3n) is 6.97. The number of nitrogens with zero attached hydrogens (tertiary/aromatic N) is 5. The van der Waals surface area contributed by atoms with Crippen LogP contribution in [0.25, 0.3) is 5.69 Å². The van der Waals surface area contributed by atoms with E-state index < -0.39 is 6.09 Å². The molecule has 3 aromatic rings. The highest BCUT2D eigenvalue weighted by Crippen LogP contribution is 2.29. The Morgan fingerprint density at radius 2 is 1.86 bits per heavy atom. The minimum atomic E-state index is -0.690. The molecular formula is C27H29FN6O3.